The second-order valence-corrected chi connectivity index (χ2v) is 7.91. The van der Waals surface area contributed by atoms with Crippen molar-refractivity contribution in [3.63, 3.8) is 0 Å². The molecule has 132 valence electrons. The molecule has 0 atom stereocenters. The summed E-state index contributed by atoms with van der Waals surface area (Å²) in [6, 6.07) is 11.9. The van der Waals surface area contributed by atoms with Crippen LogP contribution in [0.4, 0.5) is 5.69 Å². The molecule has 1 fully saturated rings. The predicted molar refractivity (Wildman–Crippen MR) is 96.8 cm³/mol. The SMILES string of the molecule is Cc1ccc(NC(=O)c2ccc(CN)cc2)cc1S(=O)(=O)NC1CC1. The van der Waals surface area contributed by atoms with Gasteiger partial charge < -0.3 is 11.1 Å². The number of aryl methyl sites for hydroxylation is 1. The molecule has 1 amide bonds. The van der Waals surface area contributed by atoms with Gasteiger partial charge in [0, 0.05) is 23.8 Å². The van der Waals surface area contributed by atoms with Gasteiger partial charge in [-0.1, -0.05) is 18.2 Å². The molecular formula is C18H21N3O3S. The van der Waals surface area contributed by atoms with E-state index in [2.05, 4.69) is 10.0 Å². The number of nitrogens with one attached hydrogen (secondary N) is 2. The highest BCUT2D eigenvalue weighted by atomic mass is 32.2. The average Bonchev–Trinajstić information content (AvgIpc) is 3.39. The van der Waals surface area contributed by atoms with Crippen LogP contribution < -0.4 is 15.8 Å². The maximum atomic E-state index is 12.4. The standard InChI is InChI=1S/C18H21N3O3S/c1-12-2-7-16(10-17(12)25(23,24)21-15-8-9-15)20-18(22)14-5-3-13(11-19)4-6-14/h2-7,10,15,21H,8-9,11,19H2,1H3,(H,20,22). The van der Waals surface area contributed by atoms with Crippen LogP contribution in [0.1, 0.15) is 34.3 Å². The number of anilines is 1. The molecule has 0 bridgehead atoms. The number of hydrogen-bond donors (Lipinski definition) is 3. The van der Waals surface area contributed by atoms with Crippen LogP contribution in [0.15, 0.2) is 47.4 Å². The van der Waals surface area contributed by atoms with Crippen molar-refractivity contribution in [3.05, 3.63) is 59.2 Å². The number of nitrogens with two attached hydrogens (primary N) is 1. The van der Waals surface area contributed by atoms with Crippen molar-refractivity contribution in [2.75, 3.05) is 5.32 Å². The van der Waals surface area contributed by atoms with Crippen LogP contribution in [0.3, 0.4) is 0 Å². The molecular weight excluding hydrogens is 338 g/mol. The van der Waals surface area contributed by atoms with E-state index in [0.29, 0.717) is 23.4 Å². The second kappa shape index (κ2) is 6.95. The Kier molecular flexibility index (Phi) is 4.89. The highest BCUT2D eigenvalue weighted by molar-refractivity contribution is 7.89. The fraction of sp³-hybridized carbons (Fsp3) is 0.278. The first-order valence-electron chi connectivity index (χ1n) is 8.12. The highest BCUT2D eigenvalue weighted by Crippen LogP contribution is 2.25. The van der Waals surface area contributed by atoms with Gasteiger partial charge in [0.05, 0.1) is 4.90 Å². The first-order chi connectivity index (χ1) is 11.9. The minimum absolute atomic E-state index is 0.0312. The van der Waals surface area contributed by atoms with Gasteiger partial charge in [-0.05, 0) is 55.2 Å². The molecule has 3 rings (SSSR count). The molecule has 1 aliphatic rings. The van der Waals surface area contributed by atoms with E-state index in [9.17, 15) is 13.2 Å². The van der Waals surface area contributed by atoms with Crippen molar-refractivity contribution in [2.24, 2.45) is 5.73 Å². The first-order valence-corrected chi connectivity index (χ1v) is 9.61. The summed E-state index contributed by atoms with van der Waals surface area (Å²) in [5, 5.41) is 2.74. The fourth-order valence-electron chi connectivity index (χ4n) is 2.45. The number of carbonyl (C=O) groups is 1. The summed E-state index contributed by atoms with van der Waals surface area (Å²) in [6.45, 7) is 2.15. The Hall–Kier alpha value is -2.22. The Morgan fingerprint density at radius 2 is 1.84 bits per heavy atom. The molecule has 25 heavy (non-hydrogen) atoms. The first kappa shape index (κ1) is 17.6. The zero-order valence-electron chi connectivity index (χ0n) is 14.0. The topological polar surface area (TPSA) is 101 Å². The third-order valence-electron chi connectivity index (χ3n) is 4.09. The summed E-state index contributed by atoms with van der Waals surface area (Å²) in [5.41, 5.74) is 8.04. The summed E-state index contributed by atoms with van der Waals surface area (Å²) in [6.07, 6.45) is 1.74. The van der Waals surface area contributed by atoms with Crippen LogP contribution in [0.5, 0.6) is 0 Å². The number of sulfonamides is 1. The number of benzene rings is 2. The van der Waals surface area contributed by atoms with Gasteiger partial charge in [0.25, 0.3) is 5.91 Å². The van der Waals surface area contributed by atoms with Crippen LogP contribution in [-0.2, 0) is 16.6 Å². The van der Waals surface area contributed by atoms with Crippen molar-refractivity contribution in [1.29, 1.82) is 0 Å². The van der Waals surface area contributed by atoms with E-state index < -0.39 is 10.0 Å². The van der Waals surface area contributed by atoms with E-state index in [4.69, 9.17) is 5.73 Å². The maximum Gasteiger partial charge on any atom is 0.255 e. The molecule has 0 spiro atoms. The molecule has 0 aromatic heterocycles. The Bertz CT molecular complexity index is 888. The lowest BCUT2D eigenvalue weighted by Crippen LogP contribution is -2.26. The van der Waals surface area contributed by atoms with Crippen molar-refractivity contribution in [2.45, 2.75) is 37.2 Å². The number of rotatable bonds is 6. The Morgan fingerprint density at radius 1 is 1.16 bits per heavy atom. The molecule has 0 radical (unpaired) electrons. The van der Waals surface area contributed by atoms with Crippen LogP contribution >= 0.6 is 0 Å². The van der Waals surface area contributed by atoms with Gasteiger partial charge >= 0.3 is 0 Å². The van der Waals surface area contributed by atoms with Crippen molar-refractivity contribution < 1.29 is 13.2 Å². The maximum absolute atomic E-state index is 12.4. The molecule has 1 aliphatic carbocycles. The molecule has 4 N–H and O–H groups in total. The Morgan fingerprint density at radius 3 is 2.44 bits per heavy atom. The van der Waals surface area contributed by atoms with Gasteiger partial charge in [-0.25, -0.2) is 13.1 Å². The predicted octanol–water partition coefficient (Wildman–Crippen LogP) is 2.15. The third kappa shape index (κ3) is 4.25. The van der Waals surface area contributed by atoms with Gasteiger partial charge in [0.1, 0.15) is 0 Å². The molecule has 6 nitrogen and oxygen atoms in total. The monoisotopic (exact) mass is 359 g/mol. The highest BCUT2D eigenvalue weighted by Gasteiger charge is 2.29. The van der Waals surface area contributed by atoms with Gasteiger partial charge in [-0.15, -0.1) is 0 Å². The Labute approximate surface area is 147 Å². The summed E-state index contributed by atoms with van der Waals surface area (Å²) >= 11 is 0. The molecule has 2 aromatic carbocycles. The largest absolute Gasteiger partial charge is 0.326 e. The van der Waals surface area contributed by atoms with Crippen LogP contribution in [-0.4, -0.2) is 20.4 Å². The Balaban J connectivity index is 1.80. The summed E-state index contributed by atoms with van der Waals surface area (Å²) in [5.74, 6) is -0.300. The summed E-state index contributed by atoms with van der Waals surface area (Å²) in [7, 11) is -3.57. The molecule has 0 saturated heterocycles. The van der Waals surface area contributed by atoms with Gasteiger partial charge in [-0.2, -0.15) is 0 Å². The molecule has 1 saturated carbocycles. The van der Waals surface area contributed by atoms with Crippen molar-refractivity contribution >= 4 is 21.6 Å². The molecule has 0 heterocycles. The lowest BCUT2D eigenvalue weighted by molar-refractivity contribution is 0.102. The smallest absolute Gasteiger partial charge is 0.255 e. The second-order valence-electron chi connectivity index (χ2n) is 6.23. The zero-order valence-corrected chi connectivity index (χ0v) is 14.8. The minimum Gasteiger partial charge on any atom is -0.326 e. The van der Waals surface area contributed by atoms with E-state index in [1.54, 1.807) is 43.3 Å². The van der Waals surface area contributed by atoms with Gasteiger partial charge in [0.2, 0.25) is 10.0 Å². The van der Waals surface area contributed by atoms with Crippen LogP contribution in [0.25, 0.3) is 0 Å². The van der Waals surface area contributed by atoms with Gasteiger partial charge in [0.15, 0.2) is 0 Å². The summed E-state index contributed by atoms with van der Waals surface area (Å²) < 4.78 is 27.6. The zero-order chi connectivity index (χ0) is 18.0. The van der Waals surface area contributed by atoms with E-state index >= 15 is 0 Å². The fourth-order valence-corrected chi connectivity index (χ4v) is 4.02. The summed E-state index contributed by atoms with van der Waals surface area (Å²) in [4.78, 5) is 12.5. The molecule has 0 aliphatic heterocycles. The van der Waals surface area contributed by atoms with Crippen molar-refractivity contribution in [3.8, 4) is 0 Å². The van der Waals surface area contributed by atoms with Crippen LogP contribution in [0.2, 0.25) is 0 Å². The number of amides is 1. The lowest BCUT2D eigenvalue weighted by Gasteiger charge is -2.12. The van der Waals surface area contributed by atoms with Gasteiger partial charge in [-0.3, -0.25) is 4.79 Å². The number of hydrogen-bond acceptors (Lipinski definition) is 4. The quantitative estimate of drug-likeness (QED) is 0.735. The van der Waals surface area contributed by atoms with Crippen molar-refractivity contribution in [1.82, 2.24) is 4.72 Å². The van der Waals surface area contributed by atoms with E-state index in [-0.39, 0.29) is 16.8 Å². The van der Waals surface area contributed by atoms with E-state index in [1.807, 2.05) is 0 Å². The molecule has 0 unspecified atom stereocenters. The van der Waals surface area contributed by atoms with E-state index in [1.165, 1.54) is 6.07 Å². The van der Waals surface area contributed by atoms with E-state index in [0.717, 1.165) is 18.4 Å². The molecule has 2 aromatic rings. The third-order valence-corrected chi connectivity index (χ3v) is 5.75. The normalized spacial score (nSPS) is 14.3. The van der Waals surface area contributed by atoms with Crippen LogP contribution in [0, 0.1) is 6.92 Å². The minimum atomic E-state index is -3.57. The molecule has 7 heteroatoms. The lowest BCUT2D eigenvalue weighted by atomic mass is 10.1. The average molecular weight is 359 g/mol. The number of carbonyl (C=O) groups excluding carboxylic acids is 1.